The molecule has 0 aromatic carbocycles. The van der Waals surface area contributed by atoms with Gasteiger partial charge in [0.2, 0.25) is 0 Å². The van der Waals surface area contributed by atoms with Crippen molar-refractivity contribution in [3.8, 4) is 0 Å². The second-order valence-electron chi connectivity index (χ2n) is 14.2. The van der Waals surface area contributed by atoms with E-state index in [-0.39, 0.29) is 38.6 Å². The Balaban J connectivity index is 4.48. The van der Waals surface area contributed by atoms with Crippen molar-refractivity contribution in [2.75, 3.05) is 47.5 Å². The van der Waals surface area contributed by atoms with Crippen LogP contribution in [0.25, 0.3) is 0 Å². The highest BCUT2D eigenvalue weighted by molar-refractivity contribution is 5.70. The summed E-state index contributed by atoms with van der Waals surface area (Å²) in [5.74, 6) is -2.31. The Morgan fingerprint density at radius 1 is 0.620 bits per heavy atom. The number of hydrogen-bond acceptors (Lipinski definition) is 8. The number of esters is 2. The number of unbranched alkanes of at least 4 members (excludes halogenated alkanes) is 14. The standard InChI is InChI=1S/C41H73NO8/c1-6-8-10-12-14-16-17-18-19-20-21-22-23-24-26-28-30-32-39(44)50-37(36-49-41(40(45)46)47-34-33-42(3,4)5)35-48-38(43)31-29-27-25-15-13-11-9-7-2/h8,10,14,16,18-19,37,41H,6-7,9,11-13,15,17,20-36H2,1-5H3/b10-8-,16-14-,19-18-. The Morgan fingerprint density at radius 2 is 1.14 bits per heavy atom. The van der Waals surface area contributed by atoms with Gasteiger partial charge in [0.1, 0.15) is 13.2 Å². The Bertz CT molecular complexity index is 924. The summed E-state index contributed by atoms with van der Waals surface area (Å²) in [6, 6.07) is 0. The van der Waals surface area contributed by atoms with E-state index in [1.807, 2.05) is 21.1 Å². The largest absolute Gasteiger partial charge is 0.545 e. The van der Waals surface area contributed by atoms with Gasteiger partial charge in [0.05, 0.1) is 40.3 Å². The Morgan fingerprint density at radius 3 is 1.70 bits per heavy atom. The van der Waals surface area contributed by atoms with E-state index in [0.29, 0.717) is 17.4 Å². The van der Waals surface area contributed by atoms with Gasteiger partial charge in [-0.25, -0.2) is 0 Å². The third kappa shape index (κ3) is 34.0. The van der Waals surface area contributed by atoms with E-state index < -0.39 is 24.3 Å². The van der Waals surface area contributed by atoms with E-state index in [1.54, 1.807) is 0 Å². The van der Waals surface area contributed by atoms with E-state index in [0.717, 1.165) is 64.2 Å². The van der Waals surface area contributed by atoms with Gasteiger partial charge in [-0.2, -0.15) is 0 Å². The summed E-state index contributed by atoms with van der Waals surface area (Å²) in [4.78, 5) is 36.7. The van der Waals surface area contributed by atoms with Crippen molar-refractivity contribution in [3.63, 3.8) is 0 Å². The summed E-state index contributed by atoms with van der Waals surface area (Å²) >= 11 is 0. The molecule has 0 saturated carbocycles. The zero-order valence-corrected chi connectivity index (χ0v) is 32.5. The molecule has 0 spiro atoms. The lowest BCUT2D eigenvalue weighted by atomic mass is 10.1. The molecule has 0 bridgehead atoms. The van der Waals surface area contributed by atoms with Gasteiger partial charge < -0.3 is 33.3 Å². The maximum Gasteiger partial charge on any atom is 0.306 e. The van der Waals surface area contributed by atoms with Crippen LogP contribution in [-0.4, -0.2) is 82.3 Å². The summed E-state index contributed by atoms with van der Waals surface area (Å²) in [6.07, 6.45) is 31.8. The fraction of sp³-hybridized carbons (Fsp3) is 0.780. The minimum atomic E-state index is -1.62. The molecule has 0 aliphatic carbocycles. The number of carboxylic acid groups (broad SMARTS) is 1. The minimum absolute atomic E-state index is 0.146. The second kappa shape index (κ2) is 33.6. The van der Waals surface area contributed by atoms with Crippen LogP contribution in [0.3, 0.4) is 0 Å². The number of aliphatic carboxylic acids is 1. The molecule has 0 aromatic rings. The van der Waals surface area contributed by atoms with Crippen LogP contribution in [0.1, 0.15) is 149 Å². The molecule has 0 fully saturated rings. The topological polar surface area (TPSA) is 111 Å². The van der Waals surface area contributed by atoms with Crippen molar-refractivity contribution < 1.29 is 42.9 Å². The maximum absolute atomic E-state index is 12.7. The van der Waals surface area contributed by atoms with Gasteiger partial charge >= 0.3 is 11.9 Å². The monoisotopic (exact) mass is 708 g/mol. The van der Waals surface area contributed by atoms with E-state index in [4.69, 9.17) is 18.9 Å². The third-order valence-electron chi connectivity index (χ3n) is 8.15. The smallest absolute Gasteiger partial charge is 0.306 e. The predicted octanol–water partition coefficient (Wildman–Crippen LogP) is 8.16. The number of hydrogen-bond donors (Lipinski definition) is 0. The first-order chi connectivity index (χ1) is 24.1. The van der Waals surface area contributed by atoms with Crippen molar-refractivity contribution in [2.45, 2.75) is 161 Å². The maximum atomic E-state index is 12.7. The van der Waals surface area contributed by atoms with Gasteiger partial charge in [0, 0.05) is 12.8 Å². The summed E-state index contributed by atoms with van der Waals surface area (Å²) in [6.45, 7) is 4.56. The first-order valence-electron chi connectivity index (χ1n) is 19.6. The SMILES string of the molecule is CC/C=C\C/C=C\C/C=C\CCCCCCCCCC(=O)OC(COC(=O)CCCCCCCCCC)COC(OCC[N+](C)(C)C)C(=O)[O-]. The van der Waals surface area contributed by atoms with Gasteiger partial charge in [-0.1, -0.05) is 127 Å². The quantitative estimate of drug-likeness (QED) is 0.0213. The van der Waals surface area contributed by atoms with Crippen LogP contribution in [0, 0.1) is 0 Å². The molecular weight excluding hydrogens is 634 g/mol. The van der Waals surface area contributed by atoms with Crippen molar-refractivity contribution in [2.24, 2.45) is 0 Å². The van der Waals surface area contributed by atoms with Crippen molar-refractivity contribution in [1.29, 1.82) is 0 Å². The summed E-state index contributed by atoms with van der Waals surface area (Å²) in [7, 11) is 5.89. The fourth-order valence-corrected chi connectivity index (χ4v) is 5.08. The average molecular weight is 708 g/mol. The zero-order chi connectivity index (χ0) is 37.1. The number of ether oxygens (including phenoxy) is 4. The van der Waals surface area contributed by atoms with Gasteiger partial charge in [0.15, 0.2) is 12.4 Å². The number of quaternary nitrogens is 1. The van der Waals surface area contributed by atoms with Crippen LogP contribution in [0.4, 0.5) is 0 Å². The Labute approximate surface area is 305 Å². The lowest BCUT2D eigenvalue weighted by Crippen LogP contribution is -2.44. The molecule has 0 heterocycles. The Kier molecular flexibility index (Phi) is 32.0. The number of allylic oxidation sites excluding steroid dienone is 6. The number of carboxylic acids is 1. The predicted molar refractivity (Wildman–Crippen MR) is 200 cm³/mol. The number of nitrogens with zero attached hydrogens (tertiary/aromatic N) is 1. The molecule has 0 N–H and O–H groups in total. The van der Waals surface area contributed by atoms with Crippen molar-refractivity contribution >= 4 is 17.9 Å². The van der Waals surface area contributed by atoms with Gasteiger partial charge in [0.25, 0.3) is 0 Å². The van der Waals surface area contributed by atoms with E-state index in [1.165, 1.54) is 51.4 Å². The van der Waals surface area contributed by atoms with Crippen LogP contribution in [0.5, 0.6) is 0 Å². The molecule has 0 aliphatic heterocycles. The third-order valence-corrected chi connectivity index (χ3v) is 8.15. The van der Waals surface area contributed by atoms with Gasteiger partial charge in [-0.3, -0.25) is 9.59 Å². The zero-order valence-electron chi connectivity index (χ0n) is 32.5. The molecule has 50 heavy (non-hydrogen) atoms. The summed E-state index contributed by atoms with van der Waals surface area (Å²) in [5, 5.41) is 11.6. The molecule has 2 unspecified atom stereocenters. The molecule has 290 valence electrons. The first-order valence-corrected chi connectivity index (χ1v) is 19.6. The van der Waals surface area contributed by atoms with E-state index >= 15 is 0 Å². The molecule has 0 radical (unpaired) electrons. The number of likely N-dealkylation sites (N-methyl/N-ethyl adjacent to an activating group) is 1. The second-order valence-corrected chi connectivity index (χ2v) is 14.2. The van der Waals surface area contributed by atoms with Crippen LogP contribution >= 0.6 is 0 Å². The molecule has 0 amide bonds. The lowest BCUT2D eigenvalue weighted by Gasteiger charge is -2.26. The van der Waals surface area contributed by atoms with Crippen LogP contribution in [-0.2, 0) is 33.3 Å². The molecule has 9 nitrogen and oxygen atoms in total. The van der Waals surface area contributed by atoms with Crippen LogP contribution in [0.15, 0.2) is 36.5 Å². The van der Waals surface area contributed by atoms with Crippen LogP contribution < -0.4 is 5.11 Å². The number of carbonyl (C=O) groups is 3. The van der Waals surface area contributed by atoms with Gasteiger partial charge in [-0.15, -0.1) is 0 Å². The lowest BCUT2D eigenvalue weighted by molar-refractivity contribution is -0.870. The molecule has 0 aromatic heterocycles. The summed E-state index contributed by atoms with van der Waals surface area (Å²) < 4.78 is 22.4. The molecule has 0 rings (SSSR count). The highest BCUT2D eigenvalue weighted by Crippen LogP contribution is 2.13. The minimum Gasteiger partial charge on any atom is -0.545 e. The first kappa shape index (κ1) is 47.5. The van der Waals surface area contributed by atoms with Crippen molar-refractivity contribution in [3.05, 3.63) is 36.5 Å². The number of rotatable bonds is 35. The highest BCUT2D eigenvalue weighted by Gasteiger charge is 2.21. The molecule has 2 atom stereocenters. The van der Waals surface area contributed by atoms with Gasteiger partial charge in [-0.05, 0) is 44.9 Å². The Hall–Kier alpha value is -2.49. The summed E-state index contributed by atoms with van der Waals surface area (Å²) in [5.41, 5.74) is 0. The normalized spacial score (nSPS) is 13.4. The van der Waals surface area contributed by atoms with E-state index in [9.17, 15) is 19.5 Å². The highest BCUT2D eigenvalue weighted by atomic mass is 16.7. The van der Waals surface area contributed by atoms with Crippen molar-refractivity contribution in [1.82, 2.24) is 0 Å². The van der Waals surface area contributed by atoms with E-state index in [2.05, 4.69) is 50.3 Å². The molecule has 9 heteroatoms. The molecule has 0 saturated heterocycles. The number of carbonyl (C=O) groups excluding carboxylic acids is 3. The molecular formula is C41H73NO8. The fourth-order valence-electron chi connectivity index (χ4n) is 5.08. The van der Waals surface area contributed by atoms with Crippen LogP contribution in [0.2, 0.25) is 0 Å². The molecule has 0 aliphatic rings. The average Bonchev–Trinajstić information content (AvgIpc) is 3.06.